The van der Waals surface area contributed by atoms with Gasteiger partial charge in [0.1, 0.15) is 6.54 Å². The number of carbonyl (C=O) groups is 2. The largest absolute Gasteiger partial charge is 0.480 e. The van der Waals surface area contributed by atoms with Crippen LogP contribution in [0.25, 0.3) is 0 Å². The zero-order chi connectivity index (χ0) is 14.4. The Balaban J connectivity index is 2.86. The van der Waals surface area contributed by atoms with Crippen LogP contribution in [-0.4, -0.2) is 35.1 Å². The van der Waals surface area contributed by atoms with Crippen molar-refractivity contribution in [2.45, 2.75) is 6.92 Å². The number of benzene rings is 1. The average Bonchev–Trinajstić information content (AvgIpc) is 2.38. The van der Waals surface area contributed by atoms with E-state index in [1.807, 2.05) is 6.07 Å². The average molecular weight is 282 g/mol. The van der Waals surface area contributed by atoms with Gasteiger partial charge in [-0.1, -0.05) is 11.6 Å². The minimum atomic E-state index is -1.10. The molecule has 0 spiro atoms. The number of nitriles is 1. The molecule has 0 unspecified atom stereocenters. The number of amides is 2. The third-order valence-corrected chi connectivity index (χ3v) is 2.66. The number of rotatable bonds is 4. The number of nitrogens with zero attached hydrogens (tertiary/aromatic N) is 2. The fourth-order valence-electron chi connectivity index (χ4n) is 1.38. The van der Waals surface area contributed by atoms with Crippen molar-refractivity contribution >= 4 is 29.3 Å². The Bertz CT molecular complexity index is 540. The third-order valence-electron chi connectivity index (χ3n) is 2.33. The van der Waals surface area contributed by atoms with E-state index in [9.17, 15) is 9.59 Å². The molecule has 1 aromatic carbocycles. The Morgan fingerprint density at radius 1 is 1.53 bits per heavy atom. The summed E-state index contributed by atoms with van der Waals surface area (Å²) in [6.07, 6.45) is 0. The summed E-state index contributed by atoms with van der Waals surface area (Å²) in [6.45, 7) is 1.50. The summed E-state index contributed by atoms with van der Waals surface area (Å²) in [5.74, 6) is -1.10. The van der Waals surface area contributed by atoms with Gasteiger partial charge in [0, 0.05) is 6.54 Å². The van der Waals surface area contributed by atoms with Gasteiger partial charge in [0.25, 0.3) is 0 Å². The number of likely N-dealkylation sites (N-methyl/N-ethyl adjacent to an activating group) is 1. The number of hydrogen-bond acceptors (Lipinski definition) is 3. The molecule has 0 aliphatic rings. The molecule has 7 heteroatoms. The van der Waals surface area contributed by atoms with E-state index in [1.165, 1.54) is 18.2 Å². The van der Waals surface area contributed by atoms with Crippen molar-refractivity contribution < 1.29 is 14.7 Å². The molecule has 0 bridgehead atoms. The summed E-state index contributed by atoms with van der Waals surface area (Å²) < 4.78 is 0. The number of hydrogen-bond donors (Lipinski definition) is 2. The summed E-state index contributed by atoms with van der Waals surface area (Å²) >= 11 is 5.89. The molecule has 1 aromatic rings. The van der Waals surface area contributed by atoms with Gasteiger partial charge in [-0.25, -0.2) is 4.79 Å². The number of carbonyl (C=O) groups excluding carboxylic acids is 1. The summed E-state index contributed by atoms with van der Waals surface area (Å²) in [5, 5.41) is 20.2. The fourth-order valence-corrected chi connectivity index (χ4v) is 1.54. The number of carboxylic acid groups (broad SMARTS) is 1. The van der Waals surface area contributed by atoms with Crippen LogP contribution in [0.5, 0.6) is 0 Å². The molecule has 6 nitrogen and oxygen atoms in total. The van der Waals surface area contributed by atoms with Crippen molar-refractivity contribution in [3.05, 3.63) is 28.8 Å². The van der Waals surface area contributed by atoms with Crippen LogP contribution in [0.1, 0.15) is 12.5 Å². The van der Waals surface area contributed by atoms with Crippen molar-refractivity contribution in [2.24, 2.45) is 0 Å². The lowest BCUT2D eigenvalue weighted by molar-refractivity contribution is -0.137. The molecular formula is C12H12ClN3O3. The van der Waals surface area contributed by atoms with Gasteiger partial charge in [0.2, 0.25) is 0 Å². The minimum Gasteiger partial charge on any atom is -0.480 e. The zero-order valence-electron chi connectivity index (χ0n) is 10.2. The summed E-state index contributed by atoms with van der Waals surface area (Å²) in [4.78, 5) is 23.6. The molecule has 0 saturated carbocycles. The molecule has 0 aliphatic heterocycles. The highest BCUT2D eigenvalue weighted by Gasteiger charge is 2.16. The summed E-state index contributed by atoms with van der Waals surface area (Å²) in [6, 6.07) is 5.78. The van der Waals surface area contributed by atoms with Gasteiger partial charge in [-0.05, 0) is 25.1 Å². The molecule has 0 radical (unpaired) electrons. The fraction of sp³-hybridized carbons (Fsp3) is 0.250. The Labute approximate surface area is 115 Å². The van der Waals surface area contributed by atoms with Crippen molar-refractivity contribution in [1.29, 1.82) is 5.26 Å². The summed E-state index contributed by atoms with van der Waals surface area (Å²) in [7, 11) is 0. The molecular weight excluding hydrogens is 270 g/mol. The van der Waals surface area contributed by atoms with Gasteiger partial charge in [0.15, 0.2) is 0 Å². The lowest BCUT2D eigenvalue weighted by Gasteiger charge is -2.19. The molecule has 2 N–H and O–H groups in total. The van der Waals surface area contributed by atoms with E-state index in [2.05, 4.69) is 5.32 Å². The van der Waals surface area contributed by atoms with Crippen LogP contribution in [0.15, 0.2) is 18.2 Å². The number of anilines is 1. The molecule has 1 rings (SSSR count). The topological polar surface area (TPSA) is 93.4 Å². The van der Waals surface area contributed by atoms with E-state index < -0.39 is 18.5 Å². The smallest absolute Gasteiger partial charge is 0.323 e. The maximum atomic E-state index is 11.8. The zero-order valence-corrected chi connectivity index (χ0v) is 10.9. The predicted molar refractivity (Wildman–Crippen MR) is 70.1 cm³/mol. The van der Waals surface area contributed by atoms with Crippen LogP contribution in [-0.2, 0) is 4.79 Å². The van der Waals surface area contributed by atoms with Crippen LogP contribution >= 0.6 is 11.6 Å². The highest BCUT2D eigenvalue weighted by Crippen LogP contribution is 2.23. The predicted octanol–water partition coefficient (Wildman–Crippen LogP) is 2.15. The Kier molecular flexibility index (Phi) is 5.15. The number of nitrogens with one attached hydrogen (secondary N) is 1. The Morgan fingerprint density at radius 2 is 2.21 bits per heavy atom. The highest BCUT2D eigenvalue weighted by molar-refractivity contribution is 6.33. The lowest BCUT2D eigenvalue weighted by Crippen LogP contribution is -2.38. The maximum absolute atomic E-state index is 11.8. The first-order chi connectivity index (χ1) is 8.97. The number of aliphatic carboxylic acids is 1. The van der Waals surface area contributed by atoms with E-state index in [4.69, 9.17) is 22.0 Å². The molecule has 0 fully saturated rings. The molecule has 0 aromatic heterocycles. The monoisotopic (exact) mass is 281 g/mol. The standard InChI is InChI=1S/C12H12ClN3O3/c1-2-16(7-11(17)18)12(19)15-10-5-8(6-14)3-4-9(10)13/h3-5H,2,7H2,1H3,(H,15,19)(H,17,18). The first-order valence-corrected chi connectivity index (χ1v) is 5.83. The molecule has 0 saturated heterocycles. The van der Waals surface area contributed by atoms with Crippen molar-refractivity contribution in [1.82, 2.24) is 4.90 Å². The van der Waals surface area contributed by atoms with Gasteiger partial charge in [-0.15, -0.1) is 0 Å². The minimum absolute atomic E-state index is 0.244. The van der Waals surface area contributed by atoms with Crippen LogP contribution in [0.4, 0.5) is 10.5 Å². The van der Waals surface area contributed by atoms with E-state index in [0.717, 1.165) is 4.90 Å². The van der Waals surface area contributed by atoms with Crippen molar-refractivity contribution in [3.63, 3.8) is 0 Å². The van der Waals surface area contributed by atoms with Crippen LogP contribution < -0.4 is 5.32 Å². The van der Waals surface area contributed by atoms with Gasteiger partial charge in [-0.3, -0.25) is 4.79 Å². The molecule has 2 amide bonds. The van der Waals surface area contributed by atoms with Gasteiger partial charge >= 0.3 is 12.0 Å². The van der Waals surface area contributed by atoms with Gasteiger partial charge < -0.3 is 15.3 Å². The third kappa shape index (κ3) is 4.16. The second-order valence-electron chi connectivity index (χ2n) is 3.64. The van der Waals surface area contributed by atoms with Crippen molar-refractivity contribution in [3.8, 4) is 6.07 Å². The Hall–Kier alpha value is -2.26. The first kappa shape index (κ1) is 14.8. The number of carboxylic acids is 1. The quantitative estimate of drug-likeness (QED) is 0.884. The second-order valence-corrected chi connectivity index (χ2v) is 4.05. The van der Waals surface area contributed by atoms with Crippen LogP contribution in [0.2, 0.25) is 5.02 Å². The van der Waals surface area contributed by atoms with E-state index in [-0.39, 0.29) is 17.3 Å². The molecule has 100 valence electrons. The second kappa shape index (κ2) is 6.61. The molecule has 0 atom stereocenters. The van der Waals surface area contributed by atoms with E-state index in [0.29, 0.717) is 5.56 Å². The lowest BCUT2D eigenvalue weighted by atomic mass is 10.2. The van der Waals surface area contributed by atoms with E-state index in [1.54, 1.807) is 6.92 Å². The maximum Gasteiger partial charge on any atom is 0.323 e. The van der Waals surface area contributed by atoms with E-state index >= 15 is 0 Å². The van der Waals surface area contributed by atoms with Crippen LogP contribution in [0, 0.1) is 11.3 Å². The van der Waals surface area contributed by atoms with Crippen LogP contribution in [0.3, 0.4) is 0 Å². The number of urea groups is 1. The van der Waals surface area contributed by atoms with Gasteiger partial charge in [0.05, 0.1) is 22.3 Å². The van der Waals surface area contributed by atoms with Gasteiger partial charge in [-0.2, -0.15) is 5.26 Å². The summed E-state index contributed by atoms with van der Waals surface area (Å²) in [5.41, 5.74) is 0.621. The normalized spacial score (nSPS) is 9.53. The molecule has 0 heterocycles. The Morgan fingerprint density at radius 3 is 2.74 bits per heavy atom. The highest BCUT2D eigenvalue weighted by atomic mass is 35.5. The molecule has 19 heavy (non-hydrogen) atoms. The SMILES string of the molecule is CCN(CC(=O)O)C(=O)Nc1cc(C#N)ccc1Cl. The first-order valence-electron chi connectivity index (χ1n) is 5.45. The molecule has 0 aliphatic carbocycles. The number of halogens is 1. The van der Waals surface area contributed by atoms with Crippen molar-refractivity contribution in [2.75, 3.05) is 18.4 Å².